The van der Waals surface area contributed by atoms with Crippen molar-refractivity contribution in [2.75, 3.05) is 0 Å². The molecule has 0 radical (unpaired) electrons. The van der Waals surface area contributed by atoms with Gasteiger partial charge in [-0.05, 0) is 42.2 Å². The van der Waals surface area contributed by atoms with Gasteiger partial charge in [-0.15, -0.1) is 0 Å². The van der Waals surface area contributed by atoms with Crippen LogP contribution in [0.4, 0.5) is 0 Å². The molecule has 0 aliphatic heterocycles. The van der Waals surface area contributed by atoms with Crippen molar-refractivity contribution in [1.29, 1.82) is 0 Å². The predicted molar refractivity (Wildman–Crippen MR) is 81.1 cm³/mol. The van der Waals surface area contributed by atoms with E-state index < -0.39 is 0 Å². The molecule has 94 valence electrons. The SMILES string of the molecule is Cc1ccc(C(N)c2cccc(C)c2Br)cc1Cl. The maximum Gasteiger partial charge on any atom is 0.0563 e. The van der Waals surface area contributed by atoms with Gasteiger partial charge in [-0.3, -0.25) is 0 Å². The van der Waals surface area contributed by atoms with Gasteiger partial charge in [0, 0.05) is 9.50 Å². The molecule has 0 amide bonds. The summed E-state index contributed by atoms with van der Waals surface area (Å²) in [5.74, 6) is 0. The van der Waals surface area contributed by atoms with E-state index in [4.69, 9.17) is 17.3 Å². The van der Waals surface area contributed by atoms with Crippen molar-refractivity contribution in [1.82, 2.24) is 0 Å². The monoisotopic (exact) mass is 323 g/mol. The van der Waals surface area contributed by atoms with Crippen LogP contribution < -0.4 is 5.73 Å². The van der Waals surface area contributed by atoms with Gasteiger partial charge in [0.2, 0.25) is 0 Å². The van der Waals surface area contributed by atoms with Crippen LogP contribution in [0.3, 0.4) is 0 Å². The summed E-state index contributed by atoms with van der Waals surface area (Å²) in [4.78, 5) is 0. The van der Waals surface area contributed by atoms with Gasteiger partial charge in [0.15, 0.2) is 0 Å². The Labute approximate surface area is 121 Å². The summed E-state index contributed by atoms with van der Waals surface area (Å²) in [6.45, 7) is 4.04. The van der Waals surface area contributed by atoms with Gasteiger partial charge < -0.3 is 5.73 Å². The van der Waals surface area contributed by atoms with Gasteiger partial charge in [-0.1, -0.05) is 57.9 Å². The average Bonchev–Trinajstić information content (AvgIpc) is 2.35. The van der Waals surface area contributed by atoms with Gasteiger partial charge in [0.25, 0.3) is 0 Å². The molecule has 0 spiro atoms. The van der Waals surface area contributed by atoms with Crippen molar-refractivity contribution >= 4 is 27.5 Å². The molecule has 0 heterocycles. The van der Waals surface area contributed by atoms with Gasteiger partial charge in [-0.25, -0.2) is 0 Å². The van der Waals surface area contributed by atoms with Crippen molar-refractivity contribution in [2.45, 2.75) is 19.9 Å². The second kappa shape index (κ2) is 5.43. The molecule has 2 N–H and O–H groups in total. The minimum absolute atomic E-state index is 0.169. The standard InChI is InChI=1S/C15H15BrClN/c1-9-6-7-11(8-13(9)17)15(18)12-5-3-4-10(2)14(12)16/h3-8,15H,18H2,1-2H3. The number of nitrogens with two attached hydrogens (primary N) is 1. The predicted octanol–water partition coefficient (Wildman–Crippen LogP) is 4.77. The lowest BCUT2D eigenvalue weighted by atomic mass is 9.97. The van der Waals surface area contributed by atoms with E-state index in [0.717, 1.165) is 26.2 Å². The molecule has 2 aromatic carbocycles. The van der Waals surface area contributed by atoms with Crippen molar-refractivity contribution < 1.29 is 0 Å². The molecule has 2 aromatic rings. The third-order valence-electron chi connectivity index (χ3n) is 3.11. The minimum atomic E-state index is -0.169. The second-order valence-electron chi connectivity index (χ2n) is 4.46. The number of aryl methyl sites for hydroxylation is 2. The molecule has 0 aromatic heterocycles. The van der Waals surface area contributed by atoms with E-state index in [1.54, 1.807) is 0 Å². The van der Waals surface area contributed by atoms with Crippen LogP contribution in [-0.4, -0.2) is 0 Å². The van der Waals surface area contributed by atoms with Crippen LogP contribution in [0.1, 0.15) is 28.3 Å². The first kappa shape index (κ1) is 13.6. The molecule has 2 rings (SSSR count). The van der Waals surface area contributed by atoms with E-state index in [1.807, 2.05) is 37.3 Å². The summed E-state index contributed by atoms with van der Waals surface area (Å²) in [5.41, 5.74) is 10.7. The summed E-state index contributed by atoms with van der Waals surface area (Å²) in [6, 6.07) is 11.9. The second-order valence-corrected chi connectivity index (χ2v) is 5.66. The molecule has 0 saturated heterocycles. The molecular weight excluding hydrogens is 310 g/mol. The molecular formula is C15H15BrClN. The average molecular weight is 325 g/mol. The van der Waals surface area contributed by atoms with E-state index in [-0.39, 0.29) is 6.04 Å². The molecule has 0 aliphatic rings. The third-order valence-corrected chi connectivity index (χ3v) is 4.60. The van der Waals surface area contributed by atoms with E-state index in [9.17, 15) is 0 Å². The normalized spacial score (nSPS) is 12.5. The largest absolute Gasteiger partial charge is 0.320 e. The molecule has 0 aliphatic carbocycles. The Balaban J connectivity index is 2.44. The number of halogens is 2. The molecule has 3 heteroatoms. The van der Waals surface area contributed by atoms with Crippen LogP contribution in [0.2, 0.25) is 5.02 Å². The lowest BCUT2D eigenvalue weighted by Gasteiger charge is -2.16. The lowest BCUT2D eigenvalue weighted by molar-refractivity contribution is 0.863. The van der Waals surface area contributed by atoms with Gasteiger partial charge in [-0.2, -0.15) is 0 Å². The number of rotatable bonds is 2. The fraction of sp³-hybridized carbons (Fsp3) is 0.200. The van der Waals surface area contributed by atoms with E-state index in [1.165, 1.54) is 5.56 Å². The summed E-state index contributed by atoms with van der Waals surface area (Å²) in [7, 11) is 0. The lowest BCUT2D eigenvalue weighted by Crippen LogP contribution is -2.13. The topological polar surface area (TPSA) is 26.0 Å². The molecule has 18 heavy (non-hydrogen) atoms. The molecule has 1 unspecified atom stereocenters. The highest BCUT2D eigenvalue weighted by molar-refractivity contribution is 9.10. The van der Waals surface area contributed by atoms with Crippen molar-refractivity contribution in [3.05, 3.63) is 68.1 Å². The Bertz CT molecular complexity index is 581. The van der Waals surface area contributed by atoms with Gasteiger partial charge in [0.05, 0.1) is 6.04 Å². The van der Waals surface area contributed by atoms with Crippen molar-refractivity contribution in [3.8, 4) is 0 Å². The zero-order chi connectivity index (χ0) is 13.3. The van der Waals surface area contributed by atoms with Crippen LogP contribution in [0.25, 0.3) is 0 Å². The van der Waals surface area contributed by atoms with Crippen LogP contribution in [0.15, 0.2) is 40.9 Å². The number of hydrogen-bond donors (Lipinski definition) is 1. The van der Waals surface area contributed by atoms with E-state index >= 15 is 0 Å². The maximum atomic E-state index is 6.32. The van der Waals surface area contributed by atoms with Crippen LogP contribution in [0, 0.1) is 13.8 Å². The fourth-order valence-electron chi connectivity index (χ4n) is 1.89. The Morgan fingerprint density at radius 3 is 2.50 bits per heavy atom. The quantitative estimate of drug-likeness (QED) is 0.846. The molecule has 0 bridgehead atoms. The fourth-order valence-corrected chi connectivity index (χ4v) is 2.59. The zero-order valence-corrected chi connectivity index (χ0v) is 12.7. The summed E-state index contributed by atoms with van der Waals surface area (Å²) in [5, 5.41) is 0.756. The van der Waals surface area contributed by atoms with E-state index in [2.05, 4.69) is 28.9 Å². The zero-order valence-electron chi connectivity index (χ0n) is 10.4. The number of benzene rings is 2. The smallest absolute Gasteiger partial charge is 0.0563 e. The molecule has 1 atom stereocenters. The first-order valence-electron chi connectivity index (χ1n) is 5.77. The Hall–Kier alpha value is -0.830. The van der Waals surface area contributed by atoms with Gasteiger partial charge in [0.1, 0.15) is 0 Å². The minimum Gasteiger partial charge on any atom is -0.320 e. The highest BCUT2D eigenvalue weighted by Gasteiger charge is 2.14. The van der Waals surface area contributed by atoms with E-state index in [0.29, 0.717) is 0 Å². The van der Waals surface area contributed by atoms with Crippen LogP contribution in [-0.2, 0) is 0 Å². The Morgan fingerprint density at radius 1 is 1.11 bits per heavy atom. The first-order valence-corrected chi connectivity index (χ1v) is 6.94. The number of hydrogen-bond acceptors (Lipinski definition) is 1. The maximum absolute atomic E-state index is 6.32. The first-order chi connectivity index (χ1) is 8.50. The van der Waals surface area contributed by atoms with Crippen molar-refractivity contribution in [2.24, 2.45) is 5.73 Å². The van der Waals surface area contributed by atoms with Crippen LogP contribution >= 0.6 is 27.5 Å². The summed E-state index contributed by atoms with van der Waals surface area (Å²) in [6.07, 6.45) is 0. The molecule has 0 saturated carbocycles. The summed E-state index contributed by atoms with van der Waals surface area (Å²) >= 11 is 9.75. The summed E-state index contributed by atoms with van der Waals surface area (Å²) < 4.78 is 1.06. The van der Waals surface area contributed by atoms with Gasteiger partial charge >= 0.3 is 0 Å². The van der Waals surface area contributed by atoms with Crippen molar-refractivity contribution in [3.63, 3.8) is 0 Å². The highest BCUT2D eigenvalue weighted by Crippen LogP contribution is 2.30. The Morgan fingerprint density at radius 2 is 1.83 bits per heavy atom. The Kier molecular flexibility index (Phi) is 4.10. The third kappa shape index (κ3) is 2.61. The molecule has 0 fully saturated rings. The molecule has 1 nitrogen and oxygen atoms in total. The van der Waals surface area contributed by atoms with Crippen LogP contribution in [0.5, 0.6) is 0 Å². The highest BCUT2D eigenvalue weighted by atomic mass is 79.9.